The molecule has 0 amide bonds. The minimum atomic E-state index is -0.449. The number of ether oxygens (including phenoxy) is 2. The molecule has 0 fully saturated rings. The van der Waals surface area contributed by atoms with Gasteiger partial charge in [0.2, 0.25) is 0 Å². The van der Waals surface area contributed by atoms with Crippen molar-refractivity contribution in [2.75, 3.05) is 25.8 Å². The number of nitrogens with zero attached hydrogens (tertiary/aromatic N) is 1. The van der Waals surface area contributed by atoms with Crippen molar-refractivity contribution >= 4 is 54.9 Å². The molecule has 140 valence electrons. The molecule has 1 aliphatic rings. The van der Waals surface area contributed by atoms with Crippen molar-refractivity contribution in [3.63, 3.8) is 0 Å². The minimum Gasteiger partial charge on any atom is -0.475 e. The Bertz CT molecular complexity index is 775. The molecule has 0 unspecified atom stereocenters. The minimum absolute atomic E-state index is 0.205. The summed E-state index contributed by atoms with van der Waals surface area (Å²) in [6.07, 6.45) is 6.02. The quantitative estimate of drug-likeness (QED) is 0.340. The fourth-order valence-corrected chi connectivity index (χ4v) is 3.01. The van der Waals surface area contributed by atoms with Crippen molar-refractivity contribution in [3.05, 3.63) is 45.1 Å². The van der Waals surface area contributed by atoms with E-state index >= 15 is 0 Å². The summed E-state index contributed by atoms with van der Waals surface area (Å²) in [5.74, 6) is 0.0284. The first kappa shape index (κ1) is 20.5. The topological polar surface area (TPSA) is 80.0 Å². The van der Waals surface area contributed by atoms with E-state index in [-0.39, 0.29) is 6.61 Å². The van der Waals surface area contributed by atoms with Crippen molar-refractivity contribution in [1.29, 1.82) is 0 Å². The van der Waals surface area contributed by atoms with Crippen molar-refractivity contribution in [2.45, 2.75) is 13.3 Å². The van der Waals surface area contributed by atoms with Gasteiger partial charge in [-0.25, -0.2) is 4.79 Å². The molecule has 0 heterocycles. The Balaban J connectivity index is 2.43. The average Bonchev–Trinajstić information content (AvgIpc) is 2.64. The molecule has 0 radical (unpaired) electrons. The number of halogens is 2. The molecule has 0 aromatic heterocycles. The molecule has 1 aliphatic carbocycles. The molecule has 0 saturated heterocycles. The Morgan fingerprint density at radius 3 is 2.73 bits per heavy atom. The van der Waals surface area contributed by atoms with E-state index in [4.69, 9.17) is 14.3 Å². The Morgan fingerprint density at radius 2 is 2.08 bits per heavy atom. The molecular formula is C17H19Br2N2O5+. The van der Waals surface area contributed by atoms with E-state index in [0.717, 1.165) is 8.95 Å². The summed E-state index contributed by atoms with van der Waals surface area (Å²) in [6.45, 7) is 1.82. The lowest BCUT2D eigenvalue weighted by molar-refractivity contribution is -0.720. The van der Waals surface area contributed by atoms with Crippen LogP contribution >= 0.6 is 31.9 Å². The Kier molecular flexibility index (Phi) is 7.67. The molecule has 2 N–H and O–H groups in total. The first-order valence-corrected chi connectivity index (χ1v) is 9.35. The second kappa shape index (κ2) is 9.75. The van der Waals surface area contributed by atoms with E-state index in [2.05, 4.69) is 37.3 Å². The maximum Gasteiger partial charge on any atom is 0.344 e. The van der Waals surface area contributed by atoms with Gasteiger partial charge in [0, 0.05) is 19.8 Å². The highest BCUT2D eigenvalue weighted by molar-refractivity contribution is 9.13. The lowest BCUT2D eigenvalue weighted by Gasteiger charge is -2.14. The third-order valence-corrected chi connectivity index (χ3v) is 5.28. The van der Waals surface area contributed by atoms with Crippen molar-refractivity contribution < 1.29 is 29.1 Å². The molecule has 26 heavy (non-hydrogen) atoms. The summed E-state index contributed by atoms with van der Waals surface area (Å²) in [4.78, 5) is 17.1. The zero-order valence-corrected chi connectivity index (χ0v) is 17.5. The number of allylic oxidation sites excluding steroid dienone is 4. The van der Waals surface area contributed by atoms with Gasteiger partial charge in [0.25, 0.3) is 11.4 Å². The molecule has 1 aromatic rings. The van der Waals surface area contributed by atoms with Gasteiger partial charge >= 0.3 is 5.97 Å². The lowest BCUT2D eigenvalue weighted by atomic mass is 10.1. The number of esters is 1. The van der Waals surface area contributed by atoms with Gasteiger partial charge in [-0.2, -0.15) is 0 Å². The zero-order chi connectivity index (χ0) is 19.1. The van der Waals surface area contributed by atoms with Crippen LogP contribution in [0.2, 0.25) is 0 Å². The van der Waals surface area contributed by atoms with Crippen LogP contribution in [0, 0.1) is 0 Å². The maximum absolute atomic E-state index is 11.6. The van der Waals surface area contributed by atoms with Gasteiger partial charge in [0.05, 0.1) is 13.0 Å². The van der Waals surface area contributed by atoms with E-state index in [1.165, 1.54) is 11.8 Å². The van der Waals surface area contributed by atoms with Gasteiger partial charge in [0.15, 0.2) is 12.4 Å². The fraction of sp³-hybridized carbons (Fsp3) is 0.294. The zero-order valence-electron chi connectivity index (χ0n) is 14.3. The van der Waals surface area contributed by atoms with Gasteiger partial charge in [0.1, 0.15) is 12.8 Å². The molecule has 7 nitrogen and oxygen atoms in total. The van der Waals surface area contributed by atoms with Gasteiger partial charge in [-0.3, -0.25) is 15.5 Å². The van der Waals surface area contributed by atoms with Crippen LogP contribution < -0.4 is 5.48 Å². The SMILES string of the molecule is CCOC(=O)COC1=CC=CC/C1=[N+](/OC)c1cc(Br)c(Br)cc1NO. The number of benzene rings is 1. The normalized spacial score (nSPS) is 15.2. The van der Waals surface area contributed by atoms with E-state index in [1.54, 1.807) is 25.1 Å². The molecule has 0 bridgehead atoms. The Hall–Kier alpha value is -1.84. The second-order valence-corrected chi connectivity index (χ2v) is 6.78. The van der Waals surface area contributed by atoms with Gasteiger partial charge in [-0.1, -0.05) is 12.2 Å². The molecule has 0 saturated carbocycles. The van der Waals surface area contributed by atoms with E-state index in [1.807, 2.05) is 12.2 Å². The standard InChI is InChI=1S/C17H19Br2N2O5/c1-3-25-17(22)10-26-16-7-5-4-6-14(16)21(24-2)15-9-12(19)11(18)8-13(15)20-23/h4-5,7-9,20,23H,3,6,10H2,1-2H3/q+1/b21-14-. The van der Waals surface area contributed by atoms with E-state index in [9.17, 15) is 10.0 Å². The Labute approximate surface area is 168 Å². The molecular weight excluding hydrogens is 472 g/mol. The molecule has 0 spiro atoms. The first-order chi connectivity index (χ1) is 12.5. The monoisotopic (exact) mass is 489 g/mol. The second-order valence-electron chi connectivity index (χ2n) is 5.08. The first-order valence-electron chi connectivity index (χ1n) is 7.76. The highest BCUT2D eigenvalue weighted by Crippen LogP contribution is 2.35. The molecule has 0 aliphatic heterocycles. The number of anilines is 1. The summed E-state index contributed by atoms with van der Waals surface area (Å²) >= 11 is 6.84. The fourth-order valence-electron chi connectivity index (χ4n) is 2.33. The molecule has 2 rings (SSSR count). The summed E-state index contributed by atoms with van der Waals surface area (Å²) in [5.41, 5.74) is 3.81. The third kappa shape index (κ3) is 4.87. The number of hydrogen-bond donors (Lipinski definition) is 2. The molecule has 0 atom stereocenters. The van der Waals surface area contributed by atoms with Crippen molar-refractivity contribution in [2.24, 2.45) is 0 Å². The van der Waals surface area contributed by atoms with Crippen LogP contribution in [0.15, 0.2) is 45.1 Å². The summed E-state index contributed by atoms with van der Waals surface area (Å²) < 4.78 is 13.6. The lowest BCUT2D eigenvalue weighted by Crippen LogP contribution is -2.23. The molecule has 9 heteroatoms. The van der Waals surface area contributed by atoms with Crippen LogP contribution in [-0.4, -0.2) is 42.0 Å². The van der Waals surface area contributed by atoms with Crippen molar-refractivity contribution in [3.8, 4) is 0 Å². The summed E-state index contributed by atoms with van der Waals surface area (Å²) in [7, 11) is 1.51. The Morgan fingerprint density at radius 1 is 1.35 bits per heavy atom. The van der Waals surface area contributed by atoms with Crippen LogP contribution in [0.5, 0.6) is 0 Å². The maximum atomic E-state index is 11.6. The van der Waals surface area contributed by atoms with Crippen molar-refractivity contribution in [1.82, 2.24) is 0 Å². The van der Waals surface area contributed by atoms with E-state index < -0.39 is 5.97 Å². The van der Waals surface area contributed by atoms with Gasteiger partial charge in [-0.05, 0) is 50.9 Å². The number of rotatable bonds is 7. The molecule has 1 aromatic carbocycles. The third-order valence-electron chi connectivity index (χ3n) is 3.44. The predicted octanol–water partition coefficient (Wildman–Crippen LogP) is 4.08. The van der Waals surface area contributed by atoms with Gasteiger partial charge < -0.3 is 9.47 Å². The van der Waals surface area contributed by atoms with E-state index in [0.29, 0.717) is 35.9 Å². The highest BCUT2D eigenvalue weighted by Gasteiger charge is 2.29. The number of nitrogens with one attached hydrogen (secondary N) is 1. The van der Waals surface area contributed by atoms with Gasteiger partial charge in [-0.15, -0.1) is 0 Å². The van der Waals surface area contributed by atoms with Crippen LogP contribution in [0.4, 0.5) is 11.4 Å². The summed E-state index contributed by atoms with van der Waals surface area (Å²) in [5, 5.41) is 9.48. The number of carbonyl (C=O) groups excluding carboxylic acids is 1. The highest BCUT2D eigenvalue weighted by atomic mass is 79.9. The smallest absolute Gasteiger partial charge is 0.344 e. The average molecular weight is 491 g/mol. The van der Waals surface area contributed by atoms with Crippen LogP contribution in [-0.2, 0) is 19.1 Å². The number of carbonyl (C=O) groups is 1. The largest absolute Gasteiger partial charge is 0.475 e. The van der Waals surface area contributed by atoms with Crippen LogP contribution in [0.25, 0.3) is 0 Å². The number of hydrogen-bond acceptors (Lipinski definition) is 6. The predicted molar refractivity (Wildman–Crippen MR) is 104 cm³/mol. The summed E-state index contributed by atoms with van der Waals surface area (Å²) in [6, 6.07) is 3.48. The van der Waals surface area contributed by atoms with Crippen LogP contribution in [0.3, 0.4) is 0 Å². The van der Waals surface area contributed by atoms with Crippen LogP contribution in [0.1, 0.15) is 13.3 Å².